The maximum Gasteiger partial charge on any atom is 0.0521 e. The summed E-state index contributed by atoms with van der Waals surface area (Å²) in [7, 11) is 2.01. The van der Waals surface area contributed by atoms with Crippen LogP contribution >= 0.6 is 0 Å². The van der Waals surface area contributed by atoms with Crippen LogP contribution in [0.25, 0.3) is 0 Å². The molecule has 1 aromatic heterocycles. The molecule has 0 unspecified atom stereocenters. The third-order valence-corrected chi connectivity index (χ3v) is 2.35. The molecule has 1 saturated heterocycles. The molecule has 3 heteroatoms. The highest BCUT2D eigenvalue weighted by Crippen LogP contribution is 2.21. The lowest BCUT2D eigenvalue weighted by Gasteiger charge is -2.27. The molecule has 1 N–H and O–H groups in total. The lowest BCUT2D eigenvalue weighted by molar-refractivity contribution is 0.423. The zero-order valence-electron chi connectivity index (χ0n) is 6.96. The third-order valence-electron chi connectivity index (χ3n) is 2.35. The van der Waals surface area contributed by atoms with E-state index in [1.54, 1.807) is 0 Å². The second-order valence-electron chi connectivity index (χ2n) is 3.19. The van der Waals surface area contributed by atoms with Crippen molar-refractivity contribution < 1.29 is 0 Å². The van der Waals surface area contributed by atoms with Crippen LogP contribution in [0.5, 0.6) is 0 Å². The average Bonchev–Trinajstić information content (AvgIpc) is 2.15. The van der Waals surface area contributed by atoms with Crippen LogP contribution in [-0.4, -0.2) is 22.9 Å². The van der Waals surface area contributed by atoms with E-state index >= 15 is 0 Å². The van der Waals surface area contributed by atoms with Gasteiger partial charge < -0.3 is 5.32 Å². The van der Waals surface area contributed by atoms with E-state index in [1.807, 2.05) is 17.9 Å². The van der Waals surface area contributed by atoms with Gasteiger partial charge >= 0.3 is 0 Å². The van der Waals surface area contributed by atoms with Crippen LogP contribution in [0, 0.1) is 6.92 Å². The first-order valence-corrected chi connectivity index (χ1v) is 3.98. The zero-order valence-corrected chi connectivity index (χ0v) is 6.96. The van der Waals surface area contributed by atoms with Gasteiger partial charge in [0.2, 0.25) is 0 Å². The fourth-order valence-corrected chi connectivity index (χ4v) is 1.62. The van der Waals surface area contributed by atoms with Crippen molar-refractivity contribution >= 4 is 0 Å². The highest BCUT2D eigenvalue weighted by Gasteiger charge is 2.23. The number of aryl methyl sites for hydroxylation is 2. The van der Waals surface area contributed by atoms with E-state index in [0.29, 0.717) is 5.92 Å². The molecule has 0 aliphatic carbocycles. The van der Waals surface area contributed by atoms with Crippen molar-refractivity contribution in [2.24, 2.45) is 7.05 Å². The number of nitrogens with zero attached hydrogens (tertiary/aromatic N) is 2. The molecule has 0 radical (unpaired) electrons. The van der Waals surface area contributed by atoms with Gasteiger partial charge in [0.05, 0.1) is 6.20 Å². The summed E-state index contributed by atoms with van der Waals surface area (Å²) in [5.74, 6) is 0.697. The predicted molar refractivity (Wildman–Crippen MR) is 43.6 cm³/mol. The van der Waals surface area contributed by atoms with Crippen molar-refractivity contribution in [1.29, 1.82) is 0 Å². The van der Waals surface area contributed by atoms with Crippen molar-refractivity contribution in [2.45, 2.75) is 12.8 Å². The molecule has 1 aliphatic heterocycles. The summed E-state index contributed by atoms with van der Waals surface area (Å²) in [5, 5.41) is 7.47. The van der Waals surface area contributed by atoms with Gasteiger partial charge in [-0.3, -0.25) is 4.68 Å². The van der Waals surface area contributed by atoms with Gasteiger partial charge in [-0.05, 0) is 12.5 Å². The van der Waals surface area contributed by atoms with E-state index in [9.17, 15) is 0 Å². The Labute approximate surface area is 66.4 Å². The predicted octanol–water partition coefficient (Wildman–Crippen LogP) is 0.415. The van der Waals surface area contributed by atoms with Gasteiger partial charge in [-0.15, -0.1) is 0 Å². The number of hydrogen-bond donors (Lipinski definition) is 1. The minimum absolute atomic E-state index is 0.697. The lowest BCUT2D eigenvalue weighted by Crippen LogP contribution is -2.41. The van der Waals surface area contributed by atoms with E-state index < -0.39 is 0 Å². The average molecular weight is 151 g/mol. The summed E-state index contributed by atoms with van der Waals surface area (Å²) in [4.78, 5) is 0. The van der Waals surface area contributed by atoms with Crippen LogP contribution in [0.4, 0.5) is 0 Å². The number of rotatable bonds is 1. The van der Waals surface area contributed by atoms with Gasteiger partial charge in [0.1, 0.15) is 0 Å². The van der Waals surface area contributed by atoms with Crippen molar-refractivity contribution in [2.75, 3.05) is 13.1 Å². The molecule has 0 bridgehead atoms. The third kappa shape index (κ3) is 0.959. The quantitative estimate of drug-likeness (QED) is 0.630. The van der Waals surface area contributed by atoms with E-state index in [0.717, 1.165) is 13.1 Å². The van der Waals surface area contributed by atoms with Gasteiger partial charge in [0, 0.05) is 31.7 Å². The van der Waals surface area contributed by atoms with Gasteiger partial charge in [0.15, 0.2) is 0 Å². The minimum Gasteiger partial charge on any atom is -0.315 e. The second kappa shape index (κ2) is 2.34. The topological polar surface area (TPSA) is 29.9 Å². The molecule has 1 fully saturated rings. The molecule has 2 heterocycles. The molecule has 1 aromatic rings. The number of aromatic nitrogens is 2. The Morgan fingerprint density at radius 1 is 1.64 bits per heavy atom. The van der Waals surface area contributed by atoms with Gasteiger partial charge in [-0.25, -0.2) is 0 Å². The summed E-state index contributed by atoms with van der Waals surface area (Å²) in [5.41, 5.74) is 2.71. The Bertz CT molecular complexity index is 241. The Kier molecular flexibility index (Phi) is 1.46. The monoisotopic (exact) mass is 151 g/mol. The molecule has 2 rings (SSSR count). The van der Waals surface area contributed by atoms with Crippen molar-refractivity contribution in [3.8, 4) is 0 Å². The first-order chi connectivity index (χ1) is 5.29. The molecular weight excluding hydrogens is 138 g/mol. The Morgan fingerprint density at radius 3 is 2.73 bits per heavy atom. The summed E-state index contributed by atoms with van der Waals surface area (Å²) in [6.07, 6.45) is 1.94. The van der Waals surface area contributed by atoms with Crippen LogP contribution in [0.1, 0.15) is 17.2 Å². The van der Waals surface area contributed by atoms with Crippen molar-refractivity contribution in [3.05, 3.63) is 17.5 Å². The van der Waals surface area contributed by atoms with E-state index in [1.165, 1.54) is 11.3 Å². The Morgan fingerprint density at radius 2 is 2.36 bits per heavy atom. The summed E-state index contributed by atoms with van der Waals surface area (Å²) >= 11 is 0. The highest BCUT2D eigenvalue weighted by molar-refractivity contribution is 5.22. The zero-order chi connectivity index (χ0) is 7.84. The maximum absolute atomic E-state index is 4.21. The number of nitrogens with one attached hydrogen (secondary N) is 1. The first-order valence-electron chi connectivity index (χ1n) is 3.98. The molecule has 3 nitrogen and oxygen atoms in total. The van der Waals surface area contributed by atoms with Crippen LogP contribution in [0.2, 0.25) is 0 Å². The van der Waals surface area contributed by atoms with Crippen LogP contribution in [-0.2, 0) is 7.05 Å². The maximum atomic E-state index is 4.21. The second-order valence-corrected chi connectivity index (χ2v) is 3.19. The van der Waals surface area contributed by atoms with Gasteiger partial charge in [-0.2, -0.15) is 5.10 Å². The fraction of sp³-hybridized carbons (Fsp3) is 0.625. The molecule has 1 aliphatic rings. The largest absolute Gasteiger partial charge is 0.315 e. The standard InChI is InChI=1S/C8H13N3/c1-6-3-10-11(2)8(6)7-4-9-5-7/h3,7,9H,4-5H2,1-2H3. The molecule has 0 amide bonds. The van der Waals surface area contributed by atoms with Crippen LogP contribution in [0.3, 0.4) is 0 Å². The highest BCUT2D eigenvalue weighted by atomic mass is 15.3. The molecule has 0 aromatic carbocycles. The molecule has 0 spiro atoms. The van der Waals surface area contributed by atoms with E-state index in [4.69, 9.17) is 0 Å². The van der Waals surface area contributed by atoms with Crippen molar-refractivity contribution in [3.63, 3.8) is 0 Å². The van der Waals surface area contributed by atoms with Crippen LogP contribution in [0.15, 0.2) is 6.20 Å². The van der Waals surface area contributed by atoms with E-state index in [-0.39, 0.29) is 0 Å². The molecular formula is C8H13N3. The minimum atomic E-state index is 0.697. The molecule has 11 heavy (non-hydrogen) atoms. The normalized spacial score (nSPS) is 18.4. The summed E-state index contributed by atoms with van der Waals surface area (Å²) < 4.78 is 1.99. The van der Waals surface area contributed by atoms with Crippen LogP contribution < -0.4 is 5.32 Å². The molecule has 0 saturated carbocycles. The lowest BCUT2D eigenvalue weighted by atomic mass is 9.97. The smallest absolute Gasteiger partial charge is 0.0521 e. The van der Waals surface area contributed by atoms with Crippen molar-refractivity contribution in [1.82, 2.24) is 15.1 Å². The summed E-state index contributed by atoms with van der Waals surface area (Å²) in [6, 6.07) is 0. The Hall–Kier alpha value is -0.830. The fourth-order valence-electron chi connectivity index (χ4n) is 1.62. The van der Waals surface area contributed by atoms with E-state index in [2.05, 4.69) is 17.3 Å². The Balaban J connectivity index is 2.33. The van der Waals surface area contributed by atoms with Gasteiger partial charge in [-0.1, -0.05) is 0 Å². The van der Waals surface area contributed by atoms with Gasteiger partial charge in [0.25, 0.3) is 0 Å². The number of hydrogen-bond acceptors (Lipinski definition) is 2. The summed E-state index contributed by atoms with van der Waals surface area (Å²) in [6.45, 7) is 4.35. The first kappa shape index (κ1) is 6.85. The molecule has 60 valence electrons. The SMILES string of the molecule is Cc1cnn(C)c1C1CNC1. The molecule has 0 atom stereocenters.